The predicted octanol–water partition coefficient (Wildman–Crippen LogP) is 2.89. The third-order valence-corrected chi connectivity index (χ3v) is 1.96. The van der Waals surface area contributed by atoms with E-state index in [9.17, 15) is 0 Å². The van der Waals surface area contributed by atoms with E-state index >= 15 is 0 Å². The monoisotopic (exact) mass is 248 g/mol. The summed E-state index contributed by atoms with van der Waals surface area (Å²) >= 11 is 0. The van der Waals surface area contributed by atoms with Crippen molar-refractivity contribution in [2.75, 3.05) is 6.61 Å². The fourth-order valence-electron chi connectivity index (χ4n) is 1.23. The molecule has 2 aromatic carbocycles. The molecule has 0 aliphatic heterocycles. The predicted molar refractivity (Wildman–Crippen MR) is 69.0 cm³/mol. The van der Waals surface area contributed by atoms with Crippen molar-refractivity contribution in [2.45, 2.75) is 6.92 Å². The van der Waals surface area contributed by atoms with Crippen LogP contribution in [0.4, 0.5) is 0 Å². The molecular formula is C14H16O4. The molecule has 0 heterocycles. The van der Waals surface area contributed by atoms with Gasteiger partial charge in [0.05, 0.1) is 6.61 Å². The first-order valence-electron chi connectivity index (χ1n) is 5.51. The lowest BCUT2D eigenvalue weighted by molar-refractivity contribution is 0.337. The van der Waals surface area contributed by atoms with Gasteiger partial charge in [0, 0.05) is 12.1 Å². The standard InChI is InChI=1S/C8H10O2.C6H6O2/c1-2-10-8-5-3-4-7(9)6-8;7-5-2-1-3-6(8)4-5/h3-6,9H,2H2,1H3;1-4,7-8H. The Morgan fingerprint density at radius 1 is 0.833 bits per heavy atom. The van der Waals surface area contributed by atoms with E-state index < -0.39 is 0 Å². The molecule has 0 saturated heterocycles. The van der Waals surface area contributed by atoms with E-state index in [2.05, 4.69) is 0 Å². The maximum atomic E-state index is 8.96. The van der Waals surface area contributed by atoms with Gasteiger partial charge in [0.25, 0.3) is 0 Å². The number of hydrogen-bond acceptors (Lipinski definition) is 4. The Balaban J connectivity index is 0.000000184. The molecule has 0 saturated carbocycles. The Bertz CT molecular complexity index is 465. The van der Waals surface area contributed by atoms with Gasteiger partial charge in [-0.2, -0.15) is 0 Å². The van der Waals surface area contributed by atoms with Crippen molar-refractivity contribution >= 4 is 0 Å². The Kier molecular flexibility index (Phi) is 5.38. The second-order valence-corrected chi connectivity index (χ2v) is 3.45. The first-order valence-corrected chi connectivity index (χ1v) is 5.51. The SMILES string of the molecule is CCOc1cccc(O)c1.Oc1cccc(O)c1. The van der Waals surface area contributed by atoms with Crippen LogP contribution in [0.15, 0.2) is 48.5 Å². The average Bonchev–Trinajstić information content (AvgIpc) is 2.30. The summed E-state index contributed by atoms with van der Waals surface area (Å²) in [6, 6.07) is 12.6. The maximum Gasteiger partial charge on any atom is 0.122 e. The fraction of sp³-hybridized carbons (Fsp3) is 0.143. The van der Waals surface area contributed by atoms with Gasteiger partial charge in [0.1, 0.15) is 23.0 Å². The van der Waals surface area contributed by atoms with E-state index in [1.54, 1.807) is 24.3 Å². The molecule has 0 unspecified atom stereocenters. The van der Waals surface area contributed by atoms with Gasteiger partial charge in [-0.15, -0.1) is 0 Å². The smallest absolute Gasteiger partial charge is 0.122 e. The summed E-state index contributed by atoms with van der Waals surface area (Å²) in [7, 11) is 0. The highest BCUT2D eigenvalue weighted by atomic mass is 16.5. The van der Waals surface area contributed by atoms with Crippen LogP contribution in [0.3, 0.4) is 0 Å². The molecular weight excluding hydrogens is 232 g/mol. The molecule has 18 heavy (non-hydrogen) atoms. The van der Waals surface area contributed by atoms with Gasteiger partial charge in [-0.05, 0) is 31.2 Å². The molecule has 0 aliphatic carbocycles. The van der Waals surface area contributed by atoms with Crippen LogP contribution < -0.4 is 4.74 Å². The van der Waals surface area contributed by atoms with Gasteiger partial charge < -0.3 is 20.1 Å². The van der Waals surface area contributed by atoms with Crippen LogP contribution >= 0.6 is 0 Å². The van der Waals surface area contributed by atoms with Gasteiger partial charge in [-0.1, -0.05) is 12.1 Å². The minimum atomic E-state index is 0.0880. The van der Waals surface area contributed by atoms with E-state index in [0.29, 0.717) is 12.4 Å². The van der Waals surface area contributed by atoms with Gasteiger partial charge in [0.2, 0.25) is 0 Å². The number of rotatable bonds is 2. The van der Waals surface area contributed by atoms with E-state index in [1.165, 1.54) is 18.2 Å². The number of phenolic OH excluding ortho intramolecular Hbond substituents is 3. The molecule has 0 amide bonds. The number of hydrogen-bond donors (Lipinski definition) is 3. The summed E-state index contributed by atoms with van der Waals surface area (Å²) in [5.41, 5.74) is 0. The van der Waals surface area contributed by atoms with Gasteiger partial charge in [-0.25, -0.2) is 0 Å². The Hall–Kier alpha value is -2.36. The van der Waals surface area contributed by atoms with Gasteiger partial charge >= 0.3 is 0 Å². The van der Waals surface area contributed by atoms with Crippen LogP contribution in [0, 0.1) is 0 Å². The van der Waals surface area contributed by atoms with Gasteiger partial charge in [0.15, 0.2) is 0 Å². The van der Waals surface area contributed by atoms with Crippen LogP contribution in [0.5, 0.6) is 23.0 Å². The summed E-state index contributed by atoms with van der Waals surface area (Å²) in [5.74, 6) is 1.13. The van der Waals surface area contributed by atoms with Crippen molar-refractivity contribution in [1.29, 1.82) is 0 Å². The zero-order valence-electron chi connectivity index (χ0n) is 10.1. The Morgan fingerprint density at radius 3 is 1.72 bits per heavy atom. The van der Waals surface area contributed by atoms with Crippen LogP contribution in [-0.4, -0.2) is 21.9 Å². The van der Waals surface area contributed by atoms with Crippen molar-refractivity contribution < 1.29 is 20.1 Å². The number of phenols is 3. The van der Waals surface area contributed by atoms with Crippen LogP contribution in [0.2, 0.25) is 0 Å². The molecule has 0 aliphatic rings. The highest BCUT2D eigenvalue weighted by Crippen LogP contribution is 2.17. The van der Waals surface area contributed by atoms with Gasteiger partial charge in [-0.3, -0.25) is 0 Å². The molecule has 0 radical (unpaired) electrons. The largest absolute Gasteiger partial charge is 0.508 e. The summed E-state index contributed by atoms with van der Waals surface area (Å²) in [5, 5.41) is 26.3. The van der Waals surface area contributed by atoms with Crippen molar-refractivity contribution in [3.63, 3.8) is 0 Å². The van der Waals surface area contributed by atoms with Crippen molar-refractivity contribution in [3.8, 4) is 23.0 Å². The first-order chi connectivity index (χ1) is 8.61. The van der Waals surface area contributed by atoms with Crippen LogP contribution in [-0.2, 0) is 0 Å². The lowest BCUT2D eigenvalue weighted by Crippen LogP contribution is -1.89. The summed E-state index contributed by atoms with van der Waals surface area (Å²) in [6.45, 7) is 2.54. The Morgan fingerprint density at radius 2 is 1.33 bits per heavy atom. The zero-order valence-corrected chi connectivity index (χ0v) is 10.1. The van der Waals surface area contributed by atoms with Crippen LogP contribution in [0.1, 0.15) is 6.92 Å². The molecule has 3 N–H and O–H groups in total. The Labute approximate surface area is 106 Å². The lowest BCUT2D eigenvalue weighted by atomic mass is 10.3. The summed E-state index contributed by atoms with van der Waals surface area (Å²) in [4.78, 5) is 0. The number of ether oxygens (including phenoxy) is 1. The number of benzene rings is 2. The molecule has 0 aromatic heterocycles. The van der Waals surface area contributed by atoms with E-state index in [-0.39, 0.29) is 17.2 Å². The molecule has 4 heteroatoms. The second kappa shape index (κ2) is 7.06. The normalized spacial score (nSPS) is 9.17. The highest BCUT2D eigenvalue weighted by Gasteiger charge is 1.91. The van der Waals surface area contributed by atoms with E-state index in [1.807, 2.05) is 13.0 Å². The molecule has 0 bridgehead atoms. The van der Waals surface area contributed by atoms with E-state index in [0.717, 1.165) is 0 Å². The molecule has 0 atom stereocenters. The van der Waals surface area contributed by atoms with Crippen molar-refractivity contribution in [3.05, 3.63) is 48.5 Å². The van der Waals surface area contributed by atoms with Crippen molar-refractivity contribution in [1.82, 2.24) is 0 Å². The minimum absolute atomic E-state index is 0.0880. The molecule has 4 nitrogen and oxygen atoms in total. The first kappa shape index (κ1) is 13.7. The lowest BCUT2D eigenvalue weighted by Gasteiger charge is -2.01. The van der Waals surface area contributed by atoms with E-state index in [4.69, 9.17) is 20.1 Å². The third kappa shape index (κ3) is 5.12. The molecule has 96 valence electrons. The molecule has 2 rings (SSSR count). The molecule has 2 aromatic rings. The summed E-state index contributed by atoms with van der Waals surface area (Å²) < 4.78 is 5.13. The van der Waals surface area contributed by atoms with Crippen molar-refractivity contribution in [2.24, 2.45) is 0 Å². The molecule has 0 fully saturated rings. The second-order valence-electron chi connectivity index (χ2n) is 3.45. The third-order valence-electron chi connectivity index (χ3n) is 1.96. The quantitative estimate of drug-likeness (QED) is 0.764. The van der Waals surface area contributed by atoms with Crippen LogP contribution in [0.25, 0.3) is 0 Å². The number of aromatic hydroxyl groups is 3. The minimum Gasteiger partial charge on any atom is -0.508 e. The molecule has 0 spiro atoms. The zero-order chi connectivity index (χ0) is 13.4. The summed E-state index contributed by atoms with van der Waals surface area (Å²) in [6.07, 6.45) is 0. The highest BCUT2D eigenvalue weighted by molar-refractivity contribution is 5.31. The average molecular weight is 248 g/mol. The fourth-order valence-corrected chi connectivity index (χ4v) is 1.23. The maximum absolute atomic E-state index is 8.96. The topological polar surface area (TPSA) is 69.9 Å².